The Hall–Kier alpha value is -3.05. The third-order valence-corrected chi connectivity index (χ3v) is 4.17. The monoisotopic (exact) mass is 369 g/mol. The van der Waals surface area contributed by atoms with E-state index >= 15 is 0 Å². The van der Waals surface area contributed by atoms with E-state index in [1.165, 1.54) is 18.6 Å². The first-order chi connectivity index (χ1) is 12.5. The van der Waals surface area contributed by atoms with Gasteiger partial charge in [0.15, 0.2) is 0 Å². The van der Waals surface area contributed by atoms with Gasteiger partial charge in [-0.25, -0.2) is 4.79 Å². The average molecular weight is 370 g/mol. The number of rotatable bonds is 5. The van der Waals surface area contributed by atoms with Crippen LogP contribution in [-0.4, -0.2) is 11.9 Å². The number of esters is 1. The number of ether oxygens (including phenoxy) is 1. The minimum absolute atomic E-state index is 0.233. The van der Waals surface area contributed by atoms with E-state index in [-0.39, 0.29) is 5.56 Å². The Labute approximate surface area is 155 Å². The van der Waals surface area contributed by atoms with E-state index in [9.17, 15) is 9.59 Å². The number of aryl methyl sites for hydroxylation is 1. The third-order valence-electron chi connectivity index (χ3n) is 3.76. The van der Waals surface area contributed by atoms with Crippen molar-refractivity contribution in [1.29, 1.82) is 0 Å². The van der Waals surface area contributed by atoms with Gasteiger partial charge < -0.3 is 14.5 Å². The summed E-state index contributed by atoms with van der Waals surface area (Å²) in [5.41, 5.74) is 2.21. The standard InChI is InChI=1S/C20H16ClNO4/c1-13-7-8-16(11-17(13)21)22-19(23)18(14-5-3-2-4-6-14)26-20(24)15-9-10-25-12-15/h2-12,18H,1H3,(H,22,23). The molecular formula is C20H16ClNO4. The van der Waals surface area contributed by atoms with Crippen LogP contribution in [0.1, 0.15) is 27.6 Å². The van der Waals surface area contributed by atoms with Crippen molar-refractivity contribution in [2.45, 2.75) is 13.0 Å². The van der Waals surface area contributed by atoms with Gasteiger partial charge in [0, 0.05) is 16.3 Å². The lowest BCUT2D eigenvalue weighted by Crippen LogP contribution is -2.25. The lowest BCUT2D eigenvalue weighted by molar-refractivity contribution is -0.125. The van der Waals surface area contributed by atoms with E-state index in [1.807, 2.05) is 13.0 Å². The van der Waals surface area contributed by atoms with Crippen molar-refractivity contribution in [3.63, 3.8) is 0 Å². The predicted octanol–water partition coefficient (Wildman–Crippen LogP) is 4.78. The van der Waals surface area contributed by atoms with Crippen LogP contribution in [0.3, 0.4) is 0 Å². The number of hydrogen-bond acceptors (Lipinski definition) is 4. The summed E-state index contributed by atoms with van der Waals surface area (Å²) in [6, 6.07) is 15.4. The molecule has 0 saturated carbocycles. The molecule has 0 aliphatic carbocycles. The maximum Gasteiger partial charge on any atom is 0.342 e. The maximum absolute atomic E-state index is 12.8. The molecule has 0 radical (unpaired) electrons. The van der Waals surface area contributed by atoms with Crippen LogP contribution in [-0.2, 0) is 9.53 Å². The lowest BCUT2D eigenvalue weighted by atomic mass is 10.1. The van der Waals surface area contributed by atoms with Gasteiger partial charge in [0.25, 0.3) is 5.91 Å². The Kier molecular flexibility index (Phi) is 5.39. The molecule has 3 rings (SSSR count). The smallest absolute Gasteiger partial charge is 0.342 e. The average Bonchev–Trinajstić information content (AvgIpc) is 3.18. The van der Waals surface area contributed by atoms with Crippen molar-refractivity contribution in [3.05, 3.63) is 88.8 Å². The molecule has 5 nitrogen and oxygen atoms in total. The Balaban J connectivity index is 1.83. The molecule has 1 heterocycles. The Morgan fingerprint density at radius 3 is 2.54 bits per heavy atom. The van der Waals surface area contributed by atoms with Crippen LogP contribution >= 0.6 is 11.6 Å². The summed E-state index contributed by atoms with van der Waals surface area (Å²) in [4.78, 5) is 25.0. The Bertz CT molecular complexity index is 907. The SMILES string of the molecule is Cc1ccc(NC(=O)C(OC(=O)c2ccoc2)c2ccccc2)cc1Cl. The number of hydrogen-bond donors (Lipinski definition) is 1. The first kappa shape index (κ1) is 17.8. The minimum Gasteiger partial charge on any atom is -0.472 e. The number of halogens is 1. The molecular weight excluding hydrogens is 354 g/mol. The zero-order valence-electron chi connectivity index (χ0n) is 13.9. The molecule has 1 unspecified atom stereocenters. The molecule has 0 saturated heterocycles. The number of amides is 1. The van der Waals surface area contributed by atoms with Gasteiger partial charge >= 0.3 is 5.97 Å². The molecule has 1 aromatic heterocycles. The molecule has 0 fully saturated rings. The quantitative estimate of drug-likeness (QED) is 0.657. The molecule has 1 atom stereocenters. The largest absolute Gasteiger partial charge is 0.472 e. The molecule has 132 valence electrons. The lowest BCUT2D eigenvalue weighted by Gasteiger charge is -2.18. The van der Waals surface area contributed by atoms with Crippen LogP contribution in [0.5, 0.6) is 0 Å². The minimum atomic E-state index is -1.11. The highest BCUT2D eigenvalue weighted by Crippen LogP contribution is 2.24. The van der Waals surface area contributed by atoms with Gasteiger partial charge in [-0.15, -0.1) is 0 Å². The van der Waals surface area contributed by atoms with Gasteiger partial charge in [-0.05, 0) is 30.7 Å². The summed E-state index contributed by atoms with van der Waals surface area (Å²) in [5.74, 6) is -1.13. The maximum atomic E-state index is 12.8. The van der Waals surface area contributed by atoms with E-state index < -0.39 is 18.0 Å². The van der Waals surface area contributed by atoms with E-state index in [4.69, 9.17) is 20.8 Å². The topological polar surface area (TPSA) is 68.5 Å². The zero-order valence-corrected chi connectivity index (χ0v) is 14.7. The number of anilines is 1. The zero-order chi connectivity index (χ0) is 18.5. The number of carbonyl (C=O) groups is 2. The second-order valence-electron chi connectivity index (χ2n) is 5.66. The van der Waals surface area contributed by atoms with Crippen LogP contribution in [0.2, 0.25) is 5.02 Å². The summed E-state index contributed by atoms with van der Waals surface area (Å²) in [7, 11) is 0. The second-order valence-corrected chi connectivity index (χ2v) is 6.07. The van der Waals surface area contributed by atoms with Crippen molar-refractivity contribution < 1.29 is 18.7 Å². The molecule has 6 heteroatoms. The van der Waals surface area contributed by atoms with Crippen molar-refractivity contribution in [2.75, 3.05) is 5.32 Å². The predicted molar refractivity (Wildman–Crippen MR) is 98.1 cm³/mol. The van der Waals surface area contributed by atoms with Gasteiger partial charge in [-0.1, -0.05) is 48.0 Å². The molecule has 0 aliphatic rings. The molecule has 0 spiro atoms. The van der Waals surface area contributed by atoms with Crippen LogP contribution in [0, 0.1) is 6.92 Å². The molecule has 0 aliphatic heterocycles. The normalized spacial score (nSPS) is 11.6. The molecule has 3 aromatic rings. The molecule has 1 N–H and O–H groups in total. The van der Waals surface area contributed by atoms with Crippen molar-refractivity contribution in [3.8, 4) is 0 Å². The summed E-state index contributed by atoms with van der Waals surface area (Å²) in [6.07, 6.45) is 1.52. The summed E-state index contributed by atoms with van der Waals surface area (Å²) in [5, 5.41) is 3.27. The highest BCUT2D eigenvalue weighted by molar-refractivity contribution is 6.31. The highest BCUT2D eigenvalue weighted by atomic mass is 35.5. The Morgan fingerprint density at radius 2 is 1.88 bits per heavy atom. The number of carbonyl (C=O) groups excluding carboxylic acids is 2. The number of furan rings is 1. The second kappa shape index (κ2) is 7.89. The molecule has 2 aromatic carbocycles. The first-order valence-electron chi connectivity index (χ1n) is 7.90. The fourth-order valence-corrected chi connectivity index (χ4v) is 2.52. The Morgan fingerprint density at radius 1 is 1.12 bits per heavy atom. The third kappa shape index (κ3) is 4.13. The number of benzene rings is 2. The summed E-state index contributed by atoms with van der Waals surface area (Å²) < 4.78 is 10.3. The van der Waals surface area contributed by atoms with Crippen molar-refractivity contribution >= 4 is 29.2 Å². The van der Waals surface area contributed by atoms with Gasteiger partial charge in [0.05, 0.1) is 11.8 Å². The highest BCUT2D eigenvalue weighted by Gasteiger charge is 2.26. The molecule has 0 bridgehead atoms. The summed E-state index contributed by atoms with van der Waals surface area (Å²) >= 11 is 6.10. The molecule has 1 amide bonds. The number of nitrogens with one attached hydrogen (secondary N) is 1. The van der Waals surface area contributed by atoms with Crippen LogP contribution in [0.15, 0.2) is 71.5 Å². The van der Waals surface area contributed by atoms with Gasteiger partial charge in [0.2, 0.25) is 6.10 Å². The van der Waals surface area contributed by atoms with E-state index in [2.05, 4.69) is 5.32 Å². The van der Waals surface area contributed by atoms with Crippen molar-refractivity contribution in [2.24, 2.45) is 0 Å². The van der Waals surface area contributed by atoms with Gasteiger partial charge in [-0.3, -0.25) is 4.79 Å². The van der Waals surface area contributed by atoms with Crippen molar-refractivity contribution in [1.82, 2.24) is 0 Å². The molecule has 26 heavy (non-hydrogen) atoms. The summed E-state index contributed by atoms with van der Waals surface area (Å²) in [6.45, 7) is 1.87. The fraction of sp³-hybridized carbons (Fsp3) is 0.100. The van der Waals surface area contributed by atoms with Crippen LogP contribution in [0.4, 0.5) is 5.69 Å². The first-order valence-corrected chi connectivity index (χ1v) is 8.27. The van der Waals surface area contributed by atoms with Crippen LogP contribution < -0.4 is 5.32 Å². The fourth-order valence-electron chi connectivity index (χ4n) is 2.33. The van der Waals surface area contributed by atoms with Gasteiger partial charge in [-0.2, -0.15) is 0 Å². The van der Waals surface area contributed by atoms with Crippen LogP contribution in [0.25, 0.3) is 0 Å². The van der Waals surface area contributed by atoms with E-state index in [0.29, 0.717) is 16.3 Å². The van der Waals surface area contributed by atoms with E-state index in [1.54, 1.807) is 42.5 Å². The van der Waals surface area contributed by atoms with E-state index in [0.717, 1.165) is 5.56 Å². The van der Waals surface area contributed by atoms with Gasteiger partial charge in [0.1, 0.15) is 6.26 Å².